The van der Waals surface area contributed by atoms with Crippen LogP contribution in [0.15, 0.2) is 46.9 Å². The van der Waals surface area contributed by atoms with Gasteiger partial charge in [0.05, 0.1) is 0 Å². The maximum Gasteiger partial charge on any atom is 0.231 e. The van der Waals surface area contributed by atoms with Crippen LogP contribution in [0.5, 0.6) is 0 Å². The summed E-state index contributed by atoms with van der Waals surface area (Å²) in [4.78, 5) is 4.34. The Bertz CT molecular complexity index is 867. The molecule has 0 aliphatic rings. The molecule has 0 radical (unpaired) electrons. The van der Waals surface area contributed by atoms with Crippen LogP contribution in [0.1, 0.15) is 6.92 Å². The molecule has 0 fully saturated rings. The van der Waals surface area contributed by atoms with E-state index in [4.69, 9.17) is 8.94 Å². The molecule has 114 valence electrons. The molecule has 2 aromatic carbocycles. The fourth-order valence-corrected chi connectivity index (χ4v) is 3.74. The number of aromatic nitrogens is 1. The van der Waals surface area contributed by atoms with E-state index in [0.29, 0.717) is 34.0 Å². The van der Waals surface area contributed by atoms with E-state index in [9.17, 15) is 8.96 Å². The topological polar surface area (TPSA) is 52.3 Å². The van der Waals surface area contributed by atoms with Crippen molar-refractivity contribution < 1.29 is 17.9 Å². The molecule has 3 aromatic rings. The Morgan fingerprint density at radius 3 is 2.77 bits per heavy atom. The average Bonchev–Trinajstić information content (AvgIpc) is 2.97. The Hall–Kier alpha value is -1.97. The van der Waals surface area contributed by atoms with Gasteiger partial charge >= 0.3 is 0 Å². The van der Waals surface area contributed by atoms with Crippen molar-refractivity contribution in [3.8, 4) is 11.5 Å². The molecule has 0 spiro atoms. The first-order chi connectivity index (χ1) is 10.6. The third kappa shape index (κ3) is 2.58. The molecule has 22 heavy (non-hydrogen) atoms. The fraction of sp³-hybridized carbons (Fsp3) is 0.188. The minimum absolute atomic E-state index is 0.329. The van der Waals surface area contributed by atoms with Crippen LogP contribution in [0.4, 0.5) is 4.39 Å². The Labute approximate surface area is 127 Å². The highest BCUT2D eigenvalue weighted by molar-refractivity contribution is 7.66. The maximum absolute atomic E-state index is 13.3. The second-order valence-corrected chi connectivity index (χ2v) is 7.71. The summed E-state index contributed by atoms with van der Waals surface area (Å²) < 4.78 is 36.7. The summed E-state index contributed by atoms with van der Waals surface area (Å²) in [6.07, 6.45) is 0.403. The van der Waals surface area contributed by atoms with Crippen molar-refractivity contribution in [2.24, 2.45) is 0 Å². The molecule has 0 aliphatic heterocycles. The average molecular weight is 319 g/mol. The van der Waals surface area contributed by atoms with Crippen LogP contribution in [0.3, 0.4) is 0 Å². The molecular weight excluding hydrogens is 304 g/mol. The molecule has 6 heteroatoms. The molecule has 0 saturated carbocycles. The van der Waals surface area contributed by atoms with Crippen LogP contribution < -0.4 is 5.30 Å². The van der Waals surface area contributed by atoms with Gasteiger partial charge in [-0.3, -0.25) is 4.57 Å². The SMILES string of the molecule is CCP(=O)(OC)c1ccc2nc(-c3cccc(F)c3)oc2c1. The summed E-state index contributed by atoms with van der Waals surface area (Å²) in [5.74, 6) is -0.0225. The van der Waals surface area contributed by atoms with E-state index in [-0.39, 0.29) is 5.82 Å². The third-order valence-electron chi connectivity index (χ3n) is 3.55. The van der Waals surface area contributed by atoms with Gasteiger partial charge < -0.3 is 8.94 Å². The monoisotopic (exact) mass is 319 g/mol. The second-order valence-electron chi connectivity index (χ2n) is 4.85. The Kier molecular flexibility index (Phi) is 3.85. The number of hydrogen-bond acceptors (Lipinski definition) is 4. The predicted octanol–water partition coefficient (Wildman–Crippen LogP) is 4.20. The smallest absolute Gasteiger partial charge is 0.231 e. The van der Waals surface area contributed by atoms with E-state index in [1.165, 1.54) is 19.2 Å². The van der Waals surface area contributed by atoms with Crippen molar-refractivity contribution in [2.75, 3.05) is 13.3 Å². The third-order valence-corrected chi connectivity index (χ3v) is 6.04. The van der Waals surface area contributed by atoms with E-state index in [0.717, 1.165) is 0 Å². The van der Waals surface area contributed by atoms with Gasteiger partial charge in [0.25, 0.3) is 0 Å². The van der Waals surface area contributed by atoms with Gasteiger partial charge in [-0.25, -0.2) is 9.37 Å². The van der Waals surface area contributed by atoms with Gasteiger partial charge in [-0.2, -0.15) is 0 Å². The zero-order valence-electron chi connectivity index (χ0n) is 12.2. The molecule has 0 aliphatic carbocycles. The largest absolute Gasteiger partial charge is 0.436 e. The lowest BCUT2D eigenvalue weighted by Gasteiger charge is -2.13. The molecule has 1 atom stereocenters. The van der Waals surface area contributed by atoms with Gasteiger partial charge in [-0.05, 0) is 36.4 Å². The van der Waals surface area contributed by atoms with Gasteiger partial charge in [0.1, 0.15) is 11.3 Å². The van der Waals surface area contributed by atoms with Crippen LogP contribution >= 0.6 is 7.37 Å². The molecule has 3 rings (SSSR count). The normalized spacial score (nSPS) is 14.1. The number of benzene rings is 2. The van der Waals surface area contributed by atoms with E-state index >= 15 is 0 Å². The molecule has 1 aromatic heterocycles. The van der Waals surface area contributed by atoms with E-state index < -0.39 is 7.37 Å². The zero-order valence-corrected chi connectivity index (χ0v) is 13.1. The van der Waals surface area contributed by atoms with Crippen molar-refractivity contribution in [3.63, 3.8) is 0 Å². The van der Waals surface area contributed by atoms with Crippen molar-refractivity contribution in [3.05, 3.63) is 48.3 Å². The molecule has 0 amide bonds. The highest BCUT2D eigenvalue weighted by Gasteiger charge is 2.23. The maximum atomic E-state index is 13.3. The Balaban J connectivity index is 2.09. The quantitative estimate of drug-likeness (QED) is 0.676. The summed E-state index contributed by atoms with van der Waals surface area (Å²) in [5.41, 5.74) is 1.69. The first-order valence-electron chi connectivity index (χ1n) is 6.87. The van der Waals surface area contributed by atoms with Crippen molar-refractivity contribution >= 4 is 23.8 Å². The number of rotatable bonds is 4. The van der Waals surface area contributed by atoms with Gasteiger partial charge in [-0.15, -0.1) is 0 Å². The number of fused-ring (bicyclic) bond motifs is 1. The predicted molar refractivity (Wildman–Crippen MR) is 84.2 cm³/mol. The number of oxazole rings is 1. The summed E-state index contributed by atoms with van der Waals surface area (Å²) >= 11 is 0. The molecule has 4 nitrogen and oxygen atoms in total. The minimum atomic E-state index is -2.86. The first-order valence-corrected chi connectivity index (χ1v) is 8.68. The number of halogens is 1. The van der Waals surface area contributed by atoms with E-state index in [1.807, 2.05) is 6.92 Å². The highest BCUT2D eigenvalue weighted by Crippen LogP contribution is 2.44. The molecule has 0 bridgehead atoms. The number of nitrogens with zero attached hydrogens (tertiary/aromatic N) is 1. The first kappa shape index (κ1) is 14.9. The van der Waals surface area contributed by atoms with E-state index in [1.54, 1.807) is 30.3 Å². The van der Waals surface area contributed by atoms with Gasteiger partial charge in [0.15, 0.2) is 5.58 Å². The van der Waals surface area contributed by atoms with Crippen LogP contribution in [0.25, 0.3) is 22.6 Å². The van der Waals surface area contributed by atoms with Crippen molar-refractivity contribution in [1.82, 2.24) is 4.98 Å². The fourth-order valence-electron chi connectivity index (χ4n) is 2.29. The summed E-state index contributed by atoms with van der Waals surface area (Å²) in [6, 6.07) is 11.2. The van der Waals surface area contributed by atoms with Gasteiger partial charge in [0.2, 0.25) is 13.3 Å². The summed E-state index contributed by atoms with van der Waals surface area (Å²) in [6.45, 7) is 1.81. The van der Waals surface area contributed by atoms with Crippen molar-refractivity contribution in [2.45, 2.75) is 6.92 Å². The Morgan fingerprint density at radius 1 is 1.27 bits per heavy atom. The second kappa shape index (κ2) is 5.67. The highest BCUT2D eigenvalue weighted by atomic mass is 31.2. The molecule has 1 unspecified atom stereocenters. The summed E-state index contributed by atoms with van der Waals surface area (Å²) in [7, 11) is -1.42. The van der Waals surface area contributed by atoms with Crippen molar-refractivity contribution in [1.29, 1.82) is 0 Å². The molecule has 0 N–H and O–H groups in total. The molecule has 1 heterocycles. The lowest BCUT2D eigenvalue weighted by atomic mass is 10.2. The minimum Gasteiger partial charge on any atom is -0.436 e. The van der Waals surface area contributed by atoms with Gasteiger partial charge in [0, 0.05) is 24.1 Å². The molecule has 0 saturated heterocycles. The molecular formula is C16H15FNO3P. The van der Waals surface area contributed by atoms with Crippen LogP contribution in [0.2, 0.25) is 0 Å². The standard InChI is InChI=1S/C16H15FNO3P/c1-3-22(19,20-2)13-7-8-14-15(10-13)21-16(18-14)11-5-4-6-12(17)9-11/h4-10H,3H2,1-2H3. The van der Waals surface area contributed by atoms with Crippen LogP contribution in [0, 0.1) is 5.82 Å². The number of hydrogen-bond donors (Lipinski definition) is 0. The van der Waals surface area contributed by atoms with E-state index in [2.05, 4.69) is 4.98 Å². The summed E-state index contributed by atoms with van der Waals surface area (Å²) in [5, 5.41) is 0.590. The lowest BCUT2D eigenvalue weighted by Crippen LogP contribution is -2.07. The van der Waals surface area contributed by atoms with Crippen LogP contribution in [-0.2, 0) is 9.09 Å². The van der Waals surface area contributed by atoms with Crippen LogP contribution in [-0.4, -0.2) is 18.3 Å². The lowest BCUT2D eigenvalue weighted by molar-refractivity contribution is 0.404. The zero-order chi connectivity index (χ0) is 15.7. The Morgan fingerprint density at radius 2 is 2.09 bits per heavy atom. The van der Waals surface area contributed by atoms with Gasteiger partial charge in [-0.1, -0.05) is 13.0 Å².